The van der Waals surface area contributed by atoms with E-state index in [2.05, 4.69) is 4.90 Å². The lowest BCUT2D eigenvalue weighted by Crippen LogP contribution is -2.32. The molecular formula is C13H21NO4. The van der Waals surface area contributed by atoms with Crippen LogP contribution >= 0.6 is 0 Å². The van der Waals surface area contributed by atoms with E-state index in [-0.39, 0.29) is 12.7 Å². The molecule has 1 aromatic rings. The van der Waals surface area contributed by atoms with Gasteiger partial charge < -0.3 is 19.0 Å². The highest BCUT2D eigenvalue weighted by Gasteiger charge is 2.32. The second kappa shape index (κ2) is 6.33. The van der Waals surface area contributed by atoms with Crippen molar-refractivity contribution in [2.24, 2.45) is 0 Å². The molecule has 1 aromatic heterocycles. The molecule has 18 heavy (non-hydrogen) atoms. The third-order valence-corrected chi connectivity index (χ3v) is 3.41. The number of rotatable bonds is 6. The fourth-order valence-electron chi connectivity index (χ4n) is 2.46. The van der Waals surface area contributed by atoms with Crippen molar-refractivity contribution in [2.45, 2.75) is 31.7 Å². The average molecular weight is 255 g/mol. The molecule has 0 aromatic carbocycles. The Morgan fingerprint density at radius 3 is 2.78 bits per heavy atom. The lowest BCUT2D eigenvalue weighted by Gasteiger charge is -2.22. The molecule has 1 saturated heterocycles. The molecule has 1 aliphatic rings. The summed E-state index contributed by atoms with van der Waals surface area (Å²) in [7, 11) is 3.46. The molecule has 0 radical (unpaired) electrons. The maximum atomic E-state index is 8.98. The Morgan fingerprint density at radius 1 is 1.39 bits per heavy atom. The van der Waals surface area contributed by atoms with E-state index >= 15 is 0 Å². The van der Waals surface area contributed by atoms with E-state index in [1.165, 1.54) is 0 Å². The van der Waals surface area contributed by atoms with Gasteiger partial charge in [-0.25, -0.2) is 0 Å². The Morgan fingerprint density at radius 2 is 2.17 bits per heavy atom. The number of likely N-dealkylation sites (tertiary alicyclic amines) is 1. The van der Waals surface area contributed by atoms with Crippen molar-refractivity contribution in [3.63, 3.8) is 0 Å². The van der Waals surface area contributed by atoms with Gasteiger partial charge >= 0.3 is 0 Å². The highest BCUT2D eigenvalue weighted by molar-refractivity contribution is 5.07. The fourth-order valence-corrected chi connectivity index (χ4v) is 2.46. The summed E-state index contributed by atoms with van der Waals surface area (Å²) in [4.78, 5) is 2.30. The number of hydrogen-bond donors (Lipinski definition) is 1. The largest absolute Gasteiger partial charge is 0.462 e. The number of methoxy groups -OCH3 is 2. The Kier molecular flexibility index (Phi) is 4.77. The van der Waals surface area contributed by atoms with Crippen LogP contribution in [0, 0.1) is 0 Å². The van der Waals surface area contributed by atoms with E-state index < -0.39 is 0 Å². The van der Waals surface area contributed by atoms with Crippen molar-refractivity contribution in [1.29, 1.82) is 0 Å². The molecule has 0 bridgehead atoms. The van der Waals surface area contributed by atoms with Gasteiger partial charge in [0.1, 0.15) is 18.1 Å². The van der Waals surface area contributed by atoms with Crippen molar-refractivity contribution in [3.8, 4) is 0 Å². The molecular weight excluding hydrogens is 234 g/mol. The summed E-state index contributed by atoms with van der Waals surface area (Å²) in [5.41, 5.74) is 0. The highest BCUT2D eigenvalue weighted by Crippen LogP contribution is 2.23. The molecule has 0 amide bonds. The van der Waals surface area contributed by atoms with Crippen LogP contribution in [0.25, 0.3) is 0 Å². The maximum absolute atomic E-state index is 8.98. The van der Waals surface area contributed by atoms with Crippen molar-refractivity contribution in [2.75, 3.05) is 27.4 Å². The number of hydrogen-bond acceptors (Lipinski definition) is 5. The first-order chi connectivity index (χ1) is 8.76. The first-order valence-corrected chi connectivity index (χ1v) is 6.21. The van der Waals surface area contributed by atoms with Gasteiger partial charge in [-0.3, -0.25) is 4.90 Å². The summed E-state index contributed by atoms with van der Waals surface area (Å²) < 4.78 is 16.2. The van der Waals surface area contributed by atoms with Crippen LogP contribution in [0.5, 0.6) is 0 Å². The zero-order valence-electron chi connectivity index (χ0n) is 11.0. The SMILES string of the molecule is COC[C@@H]1C[C@H](OC)CN1Cc1ccc(CO)o1. The van der Waals surface area contributed by atoms with E-state index in [1.807, 2.05) is 12.1 Å². The number of ether oxygens (including phenoxy) is 2. The normalized spacial score (nSPS) is 24.8. The second-order valence-corrected chi connectivity index (χ2v) is 4.66. The molecule has 102 valence electrons. The van der Waals surface area contributed by atoms with Gasteiger partial charge in [0.25, 0.3) is 0 Å². The van der Waals surface area contributed by atoms with Crippen LogP contribution in [0.4, 0.5) is 0 Å². The highest BCUT2D eigenvalue weighted by atomic mass is 16.5. The van der Waals surface area contributed by atoms with Crippen LogP contribution in [0.2, 0.25) is 0 Å². The van der Waals surface area contributed by atoms with Gasteiger partial charge in [0.2, 0.25) is 0 Å². The Balaban J connectivity index is 1.97. The van der Waals surface area contributed by atoms with Gasteiger partial charge in [-0.15, -0.1) is 0 Å². The molecule has 0 spiro atoms. The summed E-state index contributed by atoms with van der Waals surface area (Å²) in [6.45, 7) is 2.27. The van der Waals surface area contributed by atoms with Crippen LogP contribution in [0.1, 0.15) is 17.9 Å². The fraction of sp³-hybridized carbons (Fsp3) is 0.692. The number of aliphatic hydroxyl groups excluding tert-OH is 1. The summed E-state index contributed by atoms with van der Waals surface area (Å²) in [5.74, 6) is 1.48. The van der Waals surface area contributed by atoms with Gasteiger partial charge in [0, 0.05) is 26.8 Å². The Bertz CT molecular complexity index is 366. The van der Waals surface area contributed by atoms with E-state index in [4.69, 9.17) is 19.0 Å². The van der Waals surface area contributed by atoms with Gasteiger partial charge in [0.05, 0.1) is 19.3 Å². The Labute approximate surface area is 107 Å². The maximum Gasteiger partial charge on any atom is 0.129 e. The molecule has 5 nitrogen and oxygen atoms in total. The Hall–Kier alpha value is -0.880. The lowest BCUT2D eigenvalue weighted by atomic mass is 10.2. The predicted octanol–water partition coefficient (Wildman–Crippen LogP) is 1.01. The van der Waals surface area contributed by atoms with Crippen molar-refractivity contribution >= 4 is 0 Å². The second-order valence-electron chi connectivity index (χ2n) is 4.66. The summed E-state index contributed by atoms with van der Waals surface area (Å²) in [6, 6.07) is 4.09. The summed E-state index contributed by atoms with van der Waals surface area (Å²) in [6.07, 6.45) is 1.25. The third-order valence-electron chi connectivity index (χ3n) is 3.41. The van der Waals surface area contributed by atoms with Crippen LogP contribution in [0.15, 0.2) is 16.5 Å². The lowest BCUT2D eigenvalue weighted by molar-refractivity contribution is 0.102. The third kappa shape index (κ3) is 3.11. The van der Waals surface area contributed by atoms with Crippen LogP contribution < -0.4 is 0 Å². The van der Waals surface area contributed by atoms with Gasteiger partial charge in [-0.2, -0.15) is 0 Å². The van der Waals surface area contributed by atoms with Crippen LogP contribution in [-0.2, 0) is 22.6 Å². The molecule has 0 aliphatic carbocycles. The summed E-state index contributed by atoms with van der Waals surface area (Å²) >= 11 is 0. The molecule has 0 saturated carbocycles. The zero-order chi connectivity index (χ0) is 13.0. The molecule has 0 unspecified atom stereocenters. The minimum Gasteiger partial charge on any atom is -0.462 e. The first-order valence-electron chi connectivity index (χ1n) is 6.21. The minimum absolute atomic E-state index is 0.0534. The molecule has 1 aliphatic heterocycles. The topological polar surface area (TPSA) is 55.1 Å². The summed E-state index contributed by atoms with van der Waals surface area (Å²) in [5, 5.41) is 8.98. The van der Waals surface area contributed by atoms with Crippen molar-refractivity contribution in [1.82, 2.24) is 4.90 Å². The zero-order valence-corrected chi connectivity index (χ0v) is 11.0. The van der Waals surface area contributed by atoms with E-state index in [9.17, 15) is 0 Å². The molecule has 5 heteroatoms. The molecule has 1 fully saturated rings. The average Bonchev–Trinajstić information content (AvgIpc) is 2.98. The molecule has 2 rings (SSSR count). The van der Waals surface area contributed by atoms with Gasteiger partial charge in [-0.1, -0.05) is 0 Å². The van der Waals surface area contributed by atoms with Crippen molar-refractivity contribution in [3.05, 3.63) is 23.7 Å². The predicted molar refractivity (Wildman–Crippen MR) is 66.1 cm³/mol. The number of furan rings is 1. The quantitative estimate of drug-likeness (QED) is 0.822. The van der Waals surface area contributed by atoms with Crippen LogP contribution in [0.3, 0.4) is 0 Å². The van der Waals surface area contributed by atoms with E-state index in [1.54, 1.807) is 14.2 Å². The van der Waals surface area contributed by atoms with Crippen LogP contribution in [-0.4, -0.2) is 49.5 Å². The molecule has 2 heterocycles. The standard InChI is InChI=1S/C13H21NO4/c1-16-9-10-5-13(17-2)7-14(10)6-11-3-4-12(8-15)18-11/h3-4,10,13,15H,5-9H2,1-2H3/t10-,13-/m0/s1. The van der Waals surface area contributed by atoms with Gasteiger partial charge in [0.15, 0.2) is 0 Å². The first kappa shape index (κ1) is 13.5. The van der Waals surface area contributed by atoms with Crippen molar-refractivity contribution < 1.29 is 19.0 Å². The molecule has 1 N–H and O–H groups in total. The molecule has 2 atom stereocenters. The minimum atomic E-state index is -0.0534. The monoisotopic (exact) mass is 255 g/mol. The number of aliphatic hydroxyl groups is 1. The van der Waals surface area contributed by atoms with E-state index in [0.717, 1.165) is 25.3 Å². The smallest absolute Gasteiger partial charge is 0.129 e. The number of nitrogens with zero attached hydrogens (tertiary/aromatic N) is 1. The van der Waals surface area contributed by atoms with Gasteiger partial charge in [-0.05, 0) is 18.6 Å². The van der Waals surface area contributed by atoms with E-state index in [0.29, 0.717) is 18.4 Å².